The zero-order valence-electron chi connectivity index (χ0n) is 14.7. The van der Waals surface area contributed by atoms with Crippen molar-refractivity contribution in [2.45, 2.75) is 40.0 Å². The standard InChI is InChI=1S/C19H20O3.HI.H3N/c1-9-8-12-14(10(2)16(9)20)17(21)11-6-7-13(19(3,4)5)18(22)15(11)12;;/h6-8,20,22H,1-5H3;1H;1H3. The van der Waals surface area contributed by atoms with Gasteiger partial charge in [0, 0.05) is 22.3 Å². The van der Waals surface area contributed by atoms with Crippen molar-refractivity contribution in [2.75, 3.05) is 0 Å². The minimum absolute atomic E-state index is 0. The Morgan fingerprint density at radius 3 is 2.04 bits per heavy atom. The molecule has 2 aromatic rings. The van der Waals surface area contributed by atoms with Crippen LogP contribution >= 0.6 is 24.0 Å². The number of aryl methyl sites for hydroxylation is 1. The van der Waals surface area contributed by atoms with E-state index >= 15 is 0 Å². The average Bonchev–Trinajstić information content (AvgIpc) is 2.69. The highest BCUT2D eigenvalue weighted by atomic mass is 127. The first-order valence-corrected chi connectivity index (χ1v) is 7.39. The molecule has 1 aliphatic rings. The predicted molar refractivity (Wildman–Crippen MR) is 107 cm³/mol. The fourth-order valence-corrected chi connectivity index (χ4v) is 3.26. The zero-order chi connectivity index (χ0) is 16.4. The molecule has 1 aliphatic carbocycles. The van der Waals surface area contributed by atoms with E-state index in [1.807, 2.05) is 26.8 Å². The molecule has 130 valence electrons. The maximum atomic E-state index is 12.7. The fourth-order valence-electron chi connectivity index (χ4n) is 3.26. The van der Waals surface area contributed by atoms with Crippen LogP contribution in [-0.2, 0) is 5.41 Å². The smallest absolute Gasteiger partial charge is 0.194 e. The van der Waals surface area contributed by atoms with Crippen LogP contribution in [0.3, 0.4) is 0 Å². The Bertz CT molecular complexity index is 836. The minimum atomic E-state index is -0.216. The van der Waals surface area contributed by atoms with E-state index < -0.39 is 0 Å². The molecule has 4 nitrogen and oxygen atoms in total. The molecule has 5 heteroatoms. The summed E-state index contributed by atoms with van der Waals surface area (Å²) in [6, 6.07) is 5.39. The van der Waals surface area contributed by atoms with Gasteiger partial charge in [0.2, 0.25) is 0 Å². The number of benzene rings is 2. The van der Waals surface area contributed by atoms with Gasteiger partial charge in [-0.2, -0.15) is 0 Å². The molecule has 0 aliphatic heterocycles. The Labute approximate surface area is 159 Å². The molecule has 0 unspecified atom stereocenters. The van der Waals surface area contributed by atoms with Gasteiger partial charge >= 0.3 is 0 Å². The molecule has 3 rings (SSSR count). The quantitative estimate of drug-likeness (QED) is 0.428. The number of ketones is 1. The molecule has 0 saturated carbocycles. The van der Waals surface area contributed by atoms with Crippen molar-refractivity contribution in [1.29, 1.82) is 0 Å². The number of hydrogen-bond acceptors (Lipinski definition) is 4. The highest BCUT2D eigenvalue weighted by molar-refractivity contribution is 14.0. The van der Waals surface area contributed by atoms with Gasteiger partial charge in [0.05, 0.1) is 0 Å². The Hall–Kier alpha value is -1.60. The van der Waals surface area contributed by atoms with Gasteiger partial charge in [-0.25, -0.2) is 0 Å². The average molecular weight is 441 g/mol. The monoisotopic (exact) mass is 441 g/mol. The van der Waals surface area contributed by atoms with E-state index in [-0.39, 0.29) is 52.8 Å². The predicted octanol–water partition coefficient (Wildman–Crippen LogP) is 5.00. The summed E-state index contributed by atoms with van der Waals surface area (Å²) >= 11 is 0. The number of hydrogen-bond donors (Lipinski definition) is 3. The lowest BCUT2D eigenvalue weighted by Gasteiger charge is -2.22. The topological polar surface area (TPSA) is 92.5 Å². The third kappa shape index (κ3) is 2.69. The molecule has 2 aromatic carbocycles. The van der Waals surface area contributed by atoms with E-state index in [9.17, 15) is 15.0 Å². The van der Waals surface area contributed by atoms with Crippen LogP contribution < -0.4 is 6.15 Å². The van der Waals surface area contributed by atoms with Crippen LogP contribution in [0.25, 0.3) is 11.1 Å². The lowest BCUT2D eigenvalue weighted by molar-refractivity contribution is 0.104. The molecule has 0 bridgehead atoms. The van der Waals surface area contributed by atoms with E-state index in [2.05, 4.69) is 0 Å². The Morgan fingerprint density at radius 1 is 0.917 bits per heavy atom. The van der Waals surface area contributed by atoms with Crippen molar-refractivity contribution in [3.05, 3.63) is 46.0 Å². The second kappa shape index (κ2) is 6.37. The molecule has 0 spiro atoms. The Kier molecular flexibility index (Phi) is 5.42. The summed E-state index contributed by atoms with van der Waals surface area (Å²) in [4.78, 5) is 12.7. The van der Waals surface area contributed by atoms with Crippen LogP contribution in [0.2, 0.25) is 0 Å². The Balaban J connectivity index is 0.00000144. The third-order valence-corrected chi connectivity index (χ3v) is 4.46. The number of phenols is 2. The minimum Gasteiger partial charge on any atom is -0.507 e. The van der Waals surface area contributed by atoms with Crippen molar-refractivity contribution in [3.8, 4) is 22.6 Å². The number of phenolic OH excluding ortho intramolecular Hbond substituents is 2. The molecule has 0 fully saturated rings. The number of aromatic hydroxyl groups is 2. The number of carbonyl (C=O) groups excluding carboxylic acids is 1. The summed E-state index contributed by atoms with van der Waals surface area (Å²) in [6.45, 7) is 9.63. The number of rotatable bonds is 0. The molecular weight excluding hydrogens is 417 g/mol. The molecule has 0 atom stereocenters. The normalized spacial score (nSPS) is 12.1. The van der Waals surface area contributed by atoms with Gasteiger partial charge in [0.15, 0.2) is 5.78 Å². The van der Waals surface area contributed by atoms with Crippen molar-refractivity contribution in [1.82, 2.24) is 6.15 Å². The summed E-state index contributed by atoms with van der Waals surface area (Å²) in [5.41, 5.74) is 4.20. The van der Waals surface area contributed by atoms with Crippen molar-refractivity contribution in [3.63, 3.8) is 0 Å². The second-order valence-electron chi connectivity index (χ2n) is 7.05. The van der Waals surface area contributed by atoms with Gasteiger partial charge in [-0.15, -0.1) is 24.0 Å². The second-order valence-corrected chi connectivity index (χ2v) is 7.05. The van der Waals surface area contributed by atoms with Crippen molar-refractivity contribution < 1.29 is 15.0 Å². The molecule has 0 amide bonds. The number of carbonyl (C=O) groups is 1. The highest BCUT2D eigenvalue weighted by Gasteiger charge is 2.34. The van der Waals surface area contributed by atoms with E-state index in [0.717, 1.165) is 11.1 Å². The van der Waals surface area contributed by atoms with Crippen molar-refractivity contribution in [2.24, 2.45) is 0 Å². The number of halogens is 1. The Morgan fingerprint density at radius 2 is 1.50 bits per heavy atom. The maximum Gasteiger partial charge on any atom is 0.194 e. The van der Waals surface area contributed by atoms with Crippen LogP contribution in [0.1, 0.15) is 53.4 Å². The zero-order valence-corrected chi connectivity index (χ0v) is 17.0. The molecule has 0 radical (unpaired) electrons. The molecule has 0 saturated heterocycles. The van der Waals surface area contributed by atoms with Gasteiger partial charge in [-0.3, -0.25) is 4.79 Å². The van der Waals surface area contributed by atoms with Crippen LogP contribution in [0.15, 0.2) is 18.2 Å². The molecular formula is C19H24INO3. The highest BCUT2D eigenvalue weighted by Crippen LogP contribution is 2.49. The third-order valence-electron chi connectivity index (χ3n) is 4.46. The van der Waals surface area contributed by atoms with Gasteiger partial charge < -0.3 is 16.4 Å². The maximum absolute atomic E-state index is 12.7. The van der Waals surface area contributed by atoms with Crippen LogP contribution in [0.5, 0.6) is 11.5 Å². The summed E-state index contributed by atoms with van der Waals surface area (Å²) in [6.07, 6.45) is 0. The SMILES string of the molecule is Cc1cc2c(c(C)c1O)C(=O)c1ccc(C(C)(C)C)c(O)c1-2.I.N. The van der Waals surface area contributed by atoms with Crippen LogP contribution in [0, 0.1) is 13.8 Å². The summed E-state index contributed by atoms with van der Waals surface area (Å²) in [5, 5.41) is 20.9. The first-order valence-electron chi connectivity index (χ1n) is 7.39. The summed E-state index contributed by atoms with van der Waals surface area (Å²) < 4.78 is 0. The fraction of sp³-hybridized carbons (Fsp3) is 0.316. The largest absolute Gasteiger partial charge is 0.507 e. The van der Waals surface area contributed by atoms with E-state index in [4.69, 9.17) is 0 Å². The molecule has 5 N–H and O–H groups in total. The van der Waals surface area contributed by atoms with Gasteiger partial charge in [-0.1, -0.05) is 26.8 Å². The van der Waals surface area contributed by atoms with Gasteiger partial charge in [-0.05, 0) is 48.1 Å². The molecule has 0 heterocycles. The van der Waals surface area contributed by atoms with Crippen LogP contribution in [0.4, 0.5) is 0 Å². The van der Waals surface area contributed by atoms with E-state index in [0.29, 0.717) is 27.8 Å². The molecule has 24 heavy (non-hydrogen) atoms. The molecule has 0 aromatic heterocycles. The summed E-state index contributed by atoms with van der Waals surface area (Å²) in [5.74, 6) is 0.186. The lowest BCUT2D eigenvalue weighted by atomic mass is 9.84. The number of fused-ring (bicyclic) bond motifs is 3. The van der Waals surface area contributed by atoms with Gasteiger partial charge in [0.1, 0.15) is 11.5 Å². The van der Waals surface area contributed by atoms with Crippen molar-refractivity contribution >= 4 is 29.8 Å². The van der Waals surface area contributed by atoms with E-state index in [1.54, 1.807) is 26.0 Å². The first kappa shape index (κ1) is 20.4. The summed E-state index contributed by atoms with van der Waals surface area (Å²) in [7, 11) is 0. The lowest BCUT2D eigenvalue weighted by Crippen LogP contribution is -2.12. The van der Waals surface area contributed by atoms with E-state index in [1.165, 1.54) is 0 Å². The first-order chi connectivity index (χ1) is 10.1. The van der Waals surface area contributed by atoms with Gasteiger partial charge in [0.25, 0.3) is 0 Å². The van der Waals surface area contributed by atoms with Crippen LogP contribution in [-0.4, -0.2) is 16.0 Å².